The quantitative estimate of drug-likeness (QED) is 0.0515. The Labute approximate surface area is 356 Å². The number of nitrogens with two attached hydrogens (primary N) is 2. The summed E-state index contributed by atoms with van der Waals surface area (Å²) in [5, 5.41) is 31.0. The average Bonchev–Trinajstić information content (AvgIpc) is 3.91. The van der Waals surface area contributed by atoms with Gasteiger partial charge in [-0.05, 0) is 36.4 Å². The maximum atomic E-state index is 13.3. The molecule has 0 bridgehead atoms. The maximum absolute atomic E-state index is 13.3. The molecule has 6 amide bonds. The van der Waals surface area contributed by atoms with Crippen molar-refractivity contribution in [2.75, 3.05) is 33.1 Å². The van der Waals surface area contributed by atoms with Gasteiger partial charge < -0.3 is 61.6 Å². The van der Waals surface area contributed by atoms with Gasteiger partial charge in [-0.3, -0.25) is 39.6 Å². The van der Waals surface area contributed by atoms with Crippen LogP contribution in [0.5, 0.6) is 0 Å². The minimum Gasteiger partial charge on any atom is -0.388 e. The summed E-state index contributed by atoms with van der Waals surface area (Å²) in [5.74, 6) is -2.52. The van der Waals surface area contributed by atoms with Crippen molar-refractivity contribution in [1.82, 2.24) is 23.6 Å². The van der Waals surface area contributed by atoms with Gasteiger partial charge in [0.1, 0.15) is 22.9 Å². The van der Waals surface area contributed by atoms with Crippen molar-refractivity contribution in [3.63, 3.8) is 0 Å². The third-order valence-electron chi connectivity index (χ3n) is 8.70. The molecule has 4 aromatic heterocycles. The molecule has 5 aromatic rings. The van der Waals surface area contributed by atoms with Gasteiger partial charge in [0, 0.05) is 96.0 Å². The van der Waals surface area contributed by atoms with Gasteiger partial charge in [-0.2, -0.15) is 0 Å². The van der Waals surface area contributed by atoms with Crippen molar-refractivity contribution >= 4 is 100 Å². The Bertz CT molecular complexity index is 2460. The number of benzene rings is 1. The number of amidine groups is 2. The molecule has 22 heteroatoms. The highest BCUT2D eigenvalue weighted by Gasteiger charge is 2.20. The summed E-state index contributed by atoms with van der Waals surface area (Å²) in [6, 6.07) is 12.1. The van der Waals surface area contributed by atoms with Gasteiger partial charge in [0.2, 0.25) is 5.91 Å². The van der Waals surface area contributed by atoms with Crippen molar-refractivity contribution in [2.45, 2.75) is 19.3 Å². The van der Waals surface area contributed by atoms with Crippen LogP contribution >= 0.6 is 24.8 Å². The predicted octanol–water partition coefficient (Wildman–Crippen LogP) is 3.60. The van der Waals surface area contributed by atoms with Crippen LogP contribution in [-0.2, 0) is 33.0 Å². The number of aromatic nitrogens is 4. The number of nitrogens with zero attached hydrogens (tertiary/aromatic N) is 4. The number of rotatable bonds is 16. The van der Waals surface area contributed by atoms with E-state index in [1.807, 2.05) is 0 Å². The minimum atomic E-state index is -0.529. The van der Waals surface area contributed by atoms with E-state index in [0.29, 0.717) is 34.3 Å². The van der Waals surface area contributed by atoms with E-state index in [4.69, 9.17) is 22.3 Å². The molecule has 0 saturated heterocycles. The van der Waals surface area contributed by atoms with Crippen LogP contribution < -0.4 is 43.4 Å². The third kappa shape index (κ3) is 12.1. The second-order valence-corrected chi connectivity index (χ2v) is 13.4. The summed E-state index contributed by atoms with van der Waals surface area (Å²) < 4.78 is 6.23. The third-order valence-corrected chi connectivity index (χ3v) is 8.70. The molecule has 0 saturated carbocycles. The van der Waals surface area contributed by atoms with Crippen molar-refractivity contribution in [3.05, 3.63) is 102 Å². The minimum absolute atomic E-state index is 0. The van der Waals surface area contributed by atoms with Gasteiger partial charge in [0.15, 0.2) is 0 Å². The first kappa shape index (κ1) is 47.1. The summed E-state index contributed by atoms with van der Waals surface area (Å²) in [6.45, 7) is 0.197. The molecule has 1 aromatic carbocycles. The molecule has 20 nitrogen and oxygen atoms in total. The zero-order valence-corrected chi connectivity index (χ0v) is 34.6. The van der Waals surface area contributed by atoms with Gasteiger partial charge >= 0.3 is 0 Å². The number of carbonyl (C=O) groups excluding carboxylic acids is 6. The Hall–Kier alpha value is -7.32. The number of carbonyl (C=O) groups is 6. The number of halogens is 2. The highest BCUT2D eigenvalue weighted by atomic mass is 35.5. The molecule has 12 N–H and O–H groups in total. The van der Waals surface area contributed by atoms with Crippen LogP contribution in [0.1, 0.15) is 71.4 Å². The highest BCUT2D eigenvalue weighted by molar-refractivity contribution is 6.10. The smallest absolute Gasteiger partial charge is 0.272 e. The number of hydrogen-bond acceptors (Lipinski definition) is 8. The SMILES string of the molecule is Cl.Cl.Cn1cc(NC(=O)c2cc(NC(=O)CCC(=N)N)cn2C)cc1NC(=O)c1cccc(C(=O)Nc2cc(C(=O)Nc3cc(C(=O)NCCC(=N)N)n(C)c3)n(C)c2)c1. The van der Waals surface area contributed by atoms with Gasteiger partial charge in [-0.25, -0.2) is 0 Å². The van der Waals surface area contributed by atoms with Gasteiger partial charge in [0.05, 0.1) is 34.4 Å². The molecule has 5 rings (SSSR count). The summed E-state index contributed by atoms with van der Waals surface area (Å²) in [5.41, 5.74) is 13.3. The van der Waals surface area contributed by atoms with Crippen molar-refractivity contribution in [3.8, 4) is 0 Å². The molecular formula is C38H46Cl2N14O6. The molecule has 60 heavy (non-hydrogen) atoms. The Balaban J connectivity index is 0.00000480. The van der Waals surface area contributed by atoms with Gasteiger partial charge in [-0.15, -0.1) is 24.8 Å². The van der Waals surface area contributed by atoms with Crippen molar-refractivity contribution in [2.24, 2.45) is 39.7 Å². The highest BCUT2D eigenvalue weighted by Crippen LogP contribution is 2.22. The molecule has 4 heterocycles. The summed E-state index contributed by atoms with van der Waals surface area (Å²) in [6.07, 6.45) is 6.69. The van der Waals surface area contributed by atoms with Gasteiger partial charge in [0.25, 0.3) is 29.5 Å². The summed E-state index contributed by atoms with van der Waals surface area (Å²) >= 11 is 0. The number of nitrogens with one attached hydrogen (secondary N) is 8. The van der Waals surface area contributed by atoms with E-state index in [0.717, 1.165) is 0 Å². The molecule has 0 aliphatic carbocycles. The molecule has 0 unspecified atom stereocenters. The zero-order valence-electron chi connectivity index (χ0n) is 33.0. The number of hydrogen-bond donors (Lipinski definition) is 10. The Morgan fingerprint density at radius 1 is 0.517 bits per heavy atom. The summed E-state index contributed by atoms with van der Waals surface area (Å²) in [7, 11) is 6.61. The van der Waals surface area contributed by atoms with Crippen LogP contribution in [0.25, 0.3) is 0 Å². The van der Waals surface area contributed by atoms with E-state index < -0.39 is 29.5 Å². The second kappa shape index (κ2) is 20.4. The van der Waals surface area contributed by atoms with Crippen LogP contribution in [0, 0.1) is 10.8 Å². The topological polar surface area (TPSA) is 294 Å². The molecule has 0 fully saturated rings. The number of amides is 6. The van der Waals surface area contributed by atoms with Crippen LogP contribution in [-0.4, -0.2) is 71.9 Å². The van der Waals surface area contributed by atoms with E-state index in [2.05, 4.69) is 31.9 Å². The number of aryl methyl sites for hydroxylation is 4. The largest absolute Gasteiger partial charge is 0.388 e. The standard InChI is InChI=1S/C38H44N14O6.2ClH/c1-49-19-25(14-27(49)36(56)43-11-10-31(41)42)46-37(57)29-15-24(18-51(29)3)45-34(54)21-6-5-7-22(12-21)35(55)48-32-16-26(20-52(32)4)47-38(58)28-13-23(17-50(28)2)44-33(53)9-8-30(39)40;;/h5-7,12-20H,8-11H2,1-4H3,(H3,39,40)(H3,41,42)(H,43,56)(H,44,53)(H,45,54)(H,46,57)(H,47,58)(H,48,55);2*1H. The first-order valence-corrected chi connectivity index (χ1v) is 17.7. The normalized spacial score (nSPS) is 10.3. The fourth-order valence-electron chi connectivity index (χ4n) is 5.79. The van der Waals surface area contributed by atoms with E-state index in [-0.39, 0.29) is 90.7 Å². The van der Waals surface area contributed by atoms with Crippen LogP contribution in [0.2, 0.25) is 0 Å². The van der Waals surface area contributed by atoms with E-state index >= 15 is 0 Å². The first-order chi connectivity index (χ1) is 27.5. The number of anilines is 5. The molecular weight excluding hydrogens is 819 g/mol. The van der Waals surface area contributed by atoms with E-state index in [1.54, 1.807) is 84.9 Å². The first-order valence-electron chi connectivity index (χ1n) is 17.7. The van der Waals surface area contributed by atoms with Crippen LogP contribution in [0.4, 0.5) is 28.6 Å². The van der Waals surface area contributed by atoms with Crippen molar-refractivity contribution < 1.29 is 28.8 Å². The molecule has 0 radical (unpaired) electrons. The Morgan fingerprint density at radius 2 is 0.933 bits per heavy atom. The predicted molar refractivity (Wildman–Crippen MR) is 233 cm³/mol. The molecule has 0 aliphatic rings. The monoisotopic (exact) mass is 864 g/mol. The lowest BCUT2D eigenvalue weighted by molar-refractivity contribution is -0.116. The molecule has 0 aliphatic heterocycles. The molecule has 0 spiro atoms. The lowest BCUT2D eigenvalue weighted by Crippen LogP contribution is -2.28. The molecule has 318 valence electrons. The summed E-state index contributed by atoms with van der Waals surface area (Å²) in [4.78, 5) is 77.4. The van der Waals surface area contributed by atoms with E-state index in [9.17, 15) is 28.8 Å². The van der Waals surface area contributed by atoms with E-state index in [1.165, 1.54) is 34.9 Å². The Morgan fingerprint density at radius 3 is 1.43 bits per heavy atom. The second-order valence-electron chi connectivity index (χ2n) is 13.4. The van der Waals surface area contributed by atoms with Gasteiger partial charge in [-0.1, -0.05) is 6.07 Å². The molecule has 0 atom stereocenters. The Kier molecular flexibility index (Phi) is 16.0. The lowest BCUT2D eigenvalue weighted by atomic mass is 10.1. The maximum Gasteiger partial charge on any atom is 0.272 e. The lowest BCUT2D eigenvalue weighted by Gasteiger charge is -2.08. The van der Waals surface area contributed by atoms with Crippen molar-refractivity contribution in [1.29, 1.82) is 10.8 Å². The fraction of sp³-hybridized carbons (Fsp3) is 0.211. The van der Waals surface area contributed by atoms with Crippen LogP contribution in [0.3, 0.4) is 0 Å². The van der Waals surface area contributed by atoms with Crippen LogP contribution in [0.15, 0.2) is 73.3 Å². The zero-order chi connectivity index (χ0) is 42.3. The fourth-order valence-corrected chi connectivity index (χ4v) is 5.79. The average molecular weight is 866 g/mol.